The molecule has 2 rings (SSSR count). The molecule has 0 bridgehead atoms. The highest BCUT2D eigenvalue weighted by Crippen LogP contribution is 2.44. The second-order valence-corrected chi connectivity index (χ2v) is 6.85. The number of nitrogens with two attached hydrogens (primary N) is 1. The van der Waals surface area contributed by atoms with Crippen LogP contribution in [0.4, 0.5) is 4.39 Å². The summed E-state index contributed by atoms with van der Waals surface area (Å²) >= 11 is 6.30. The van der Waals surface area contributed by atoms with Crippen LogP contribution < -0.4 is 11.3 Å². The van der Waals surface area contributed by atoms with E-state index in [9.17, 15) is 4.39 Å². The van der Waals surface area contributed by atoms with Crippen LogP contribution in [0.1, 0.15) is 44.2 Å². The van der Waals surface area contributed by atoms with Crippen molar-refractivity contribution in [2.45, 2.75) is 44.2 Å². The topological polar surface area (TPSA) is 41.3 Å². The van der Waals surface area contributed by atoms with Gasteiger partial charge in [-0.1, -0.05) is 18.5 Å². The Balaban J connectivity index is 2.43. The van der Waals surface area contributed by atoms with Crippen molar-refractivity contribution in [3.05, 3.63) is 34.6 Å². The van der Waals surface area contributed by atoms with Gasteiger partial charge < -0.3 is 4.90 Å². The zero-order valence-electron chi connectivity index (χ0n) is 13.0. The maximum atomic E-state index is 13.7. The van der Waals surface area contributed by atoms with Crippen LogP contribution in [0.25, 0.3) is 0 Å². The van der Waals surface area contributed by atoms with Crippen LogP contribution in [0.5, 0.6) is 0 Å². The SMILES string of the molecule is CC1CCC(C(NN)c2cc(F)ccc2Cl)(N(C)C)CC1. The minimum Gasteiger partial charge on any atom is -0.302 e. The van der Waals surface area contributed by atoms with Gasteiger partial charge in [-0.25, -0.2) is 4.39 Å². The summed E-state index contributed by atoms with van der Waals surface area (Å²) < 4.78 is 13.7. The van der Waals surface area contributed by atoms with E-state index in [0.717, 1.165) is 37.2 Å². The summed E-state index contributed by atoms with van der Waals surface area (Å²) in [4.78, 5) is 2.21. The van der Waals surface area contributed by atoms with Crippen LogP contribution >= 0.6 is 11.6 Å². The Kier molecular flexibility index (Phi) is 5.25. The number of hydrogen-bond acceptors (Lipinski definition) is 3. The smallest absolute Gasteiger partial charge is 0.123 e. The first kappa shape index (κ1) is 16.7. The van der Waals surface area contributed by atoms with Gasteiger partial charge in [0, 0.05) is 10.6 Å². The average Bonchev–Trinajstić information content (AvgIpc) is 2.45. The minimum atomic E-state index is -0.285. The molecule has 3 nitrogen and oxygen atoms in total. The van der Waals surface area contributed by atoms with E-state index in [1.54, 1.807) is 6.07 Å². The molecule has 0 aliphatic heterocycles. The fraction of sp³-hybridized carbons (Fsp3) is 0.625. The molecule has 1 saturated carbocycles. The molecule has 3 N–H and O–H groups in total. The van der Waals surface area contributed by atoms with E-state index in [1.807, 2.05) is 0 Å². The standard InChI is InChI=1S/C16H25ClFN3/c1-11-6-8-16(9-7-11,21(2)3)15(20-19)13-10-12(18)4-5-14(13)17/h4-5,10-11,15,20H,6-9,19H2,1-3H3. The molecule has 1 aliphatic rings. The van der Waals surface area contributed by atoms with Crippen molar-refractivity contribution < 1.29 is 4.39 Å². The fourth-order valence-corrected chi connectivity index (χ4v) is 3.75. The van der Waals surface area contributed by atoms with Gasteiger partial charge in [0.1, 0.15) is 5.82 Å². The van der Waals surface area contributed by atoms with Crippen molar-refractivity contribution in [1.82, 2.24) is 10.3 Å². The number of nitrogens with zero attached hydrogens (tertiary/aromatic N) is 1. The molecule has 5 heteroatoms. The Morgan fingerprint density at radius 1 is 1.38 bits per heavy atom. The van der Waals surface area contributed by atoms with Crippen LogP contribution in [0.3, 0.4) is 0 Å². The number of halogens is 2. The molecule has 0 amide bonds. The number of hydrogen-bond donors (Lipinski definition) is 2. The first-order chi connectivity index (χ1) is 9.90. The van der Waals surface area contributed by atoms with Crippen molar-refractivity contribution in [3.63, 3.8) is 0 Å². The lowest BCUT2D eigenvalue weighted by molar-refractivity contribution is 0.0428. The van der Waals surface area contributed by atoms with E-state index >= 15 is 0 Å². The third-order valence-corrected chi connectivity index (χ3v) is 5.35. The maximum Gasteiger partial charge on any atom is 0.123 e. The van der Waals surface area contributed by atoms with Gasteiger partial charge in [0.05, 0.1) is 6.04 Å². The molecule has 0 radical (unpaired) electrons. The lowest BCUT2D eigenvalue weighted by Crippen LogP contribution is -2.57. The Bertz CT molecular complexity index is 484. The van der Waals surface area contributed by atoms with Gasteiger partial charge in [-0.2, -0.15) is 0 Å². The Morgan fingerprint density at radius 2 is 2.00 bits per heavy atom. The van der Waals surface area contributed by atoms with E-state index in [2.05, 4.69) is 31.3 Å². The van der Waals surface area contributed by atoms with Crippen LogP contribution in [0, 0.1) is 11.7 Å². The minimum absolute atomic E-state index is 0.140. The molecule has 0 saturated heterocycles. The summed E-state index contributed by atoms with van der Waals surface area (Å²) in [6.07, 6.45) is 4.32. The normalized spacial score (nSPS) is 27.9. The summed E-state index contributed by atoms with van der Waals surface area (Å²) in [6, 6.07) is 4.29. The molecule has 1 fully saturated rings. The number of hydrazine groups is 1. The van der Waals surface area contributed by atoms with Gasteiger partial charge in [-0.05, 0) is 69.5 Å². The first-order valence-corrected chi connectivity index (χ1v) is 7.87. The second kappa shape index (κ2) is 6.61. The van der Waals surface area contributed by atoms with E-state index in [4.69, 9.17) is 17.4 Å². The Hall–Kier alpha value is -0.680. The summed E-state index contributed by atoms with van der Waals surface area (Å²) in [6.45, 7) is 2.28. The number of benzene rings is 1. The Morgan fingerprint density at radius 3 is 2.52 bits per heavy atom. The zero-order valence-corrected chi connectivity index (χ0v) is 13.8. The molecule has 0 spiro atoms. The van der Waals surface area contributed by atoms with Crippen LogP contribution in [-0.4, -0.2) is 24.5 Å². The number of rotatable bonds is 4. The number of nitrogens with one attached hydrogen (secondary N) is 1. The van der Waals surface area contributed by atoms with Gasteiger partial charge >= 0.3 is 0 Å². The van der Waals surface area contributed by atoms with Crippen molar-refractivity contribution >= 4 is 11.6 Å². The highest BCUT2D eigenvalue weighted by atomic mass is 35.5. The van der Waals surface area contributed by atoms with Crippen molar-refractivity contribution in [2.24, 2.45) is 11.8 Å². The lowest BCUT2D eigenvalue weighted by Gasteiger charge is -2.49. The Labute approximate surface area is 131 Å². The van der Waals surface area contributed by atoms with Gasteiger partial charge in [0.15, 0.2) is 0 Å². The van der Waals surface area contributed by atoms with Crippen LogP contribution in [0.15, 0.2) is 18.2 Å². The average molecular weight is 314 g/mol. The molecule has 1 aromatic carbocycles. The molecular formula is C16H25ClFN3. The maximum absolute atomic E-state index is 13.7. The van der Waals surface area contributed by atoms with Crippen LogP contribution in [-0.2, 0) is 0 Å². The molecule has 0 heterocycles. The van der Waals surface area contributed by atoms with E-state index in [1.165, 1.54) is 12.1 Å². The van der Waals surface area contributed by atoms with Crippen molar-refractivity contribution in [3.8, 4) is 0 Å². The molecule has 1 atom stereocenters. The molecule has 21 heavy (non-hydrogen) atoms. The first-order valence-electron chi connectivity index (χ1n) is 7.49. The molecule has 1 aromatic rings. The van der Waals surface area contributed by atoms with Gasteiger partial charge in [0.2, 0.25) is 0 Å². The third kappa shape index (κ3) is 3.24. The van der Waals surface area contributed by atoms with Gasteiger partial charge in [-0.15, -0.1) is 0 Å². The molecular weight excluding hydrogens is 289 g/mol. The second-order valence-electron chi connectivity index (χ2n) is 6.45. The predicted molar refractivity (Wildman–Crippen MR) is 85.5 cm³/mol. The molecule has 0 aromatic heterocycles. The largest absolute Gasteiger partial charge is 0.302 e. The molecule has 1 aliphatic carbocycles. The van der Waals surface area contributed by atoms with E-state index < -0.39 is 0 Å². The van der Waals surface area contributed by atoms with Crippen molar-refractivity contribution in [2.75, 3.05) is 14.1 Å². The fourth-order valence-electron chi connectivity index (χ4n) is 3.53. The lowest BCUT2D eigenvalue weighted by atomic mass is 9.70. The summed E-state index contributed by atoms with van der Waals surface area (Å²) in [5.41, 5.74) is 3.50. The van der Waals surface area contributed by atoms with Gasteiger partial charge in [0.25, 0.3) is 0 Å². The molecule has 118 valence electrons. The highest BCUT2D eigenvalue weighted by Gasteiger charge is 2.44. The predicted octanol–water partition coefficient (Wildman–Crippen LogP) is 3.49. The van der Waals surface area contributed by atoms with Crippen molar-refractivity contribution in [1.29, 1.82) is 0 Å². The monoisotopic (exact) mass is 313 g/mol. The molecule has 1 unspecified atom stereocenters. The van der Waals surface area contributed by atoms with Gasteiger partial charge in [-0.3, -0.25) is 11.3 Å². The van der Waals surface area contributed by atoms with E-state index in [-0.39, 0.29) is 17.4 Å². The zero-order chi connectivity index (χ0) is 15.6. The number of likely N-dealkylation sites (N-methyl/N-ethyl adjacent to an activating group) is 1. The summed E-state index contributed by atoms with van der Waals surface area (Å²) in [5, 5.41) is 0.555. The third-order valence-electron chi connectivity index (χ3n) is 5.00. The van der Waals surface area contributed by atoms with E-state index in [0.29, 0.717) is 5.02 Å². The summed E-state index contributed by atoms with van der Waals surface area (Å²) in [5.74, 6) is 6.29. The van der Waals surface area contributed by atoms with Crippen LogP contribution in [0.2, 0.25) is 5.02 Å². The highest BCUT2D eigenvalue weighted by molar-refractivity contribution is 6.31. The summed E-state index contributed by atoms with van der Waals surface area (Å²) in [7, 11) is 4.13. The quantitative estimate of drug-likeness (QED) is 0.660.